The van der Waals surface area contributed by atoms with Gasteiger partial charge in [0.2, 0.25) is 21.8 Å². The predicted molar refractivity (Wildman–Crippen MR) is 165 cm³/mol. The number of amides is 2. The lowest BCUT2D eigenvalue weighted by atomic mass is 10.0. The van der Waals surface area contributed by atoms with Crippen LogP contribution in [0.15, 0.2) is 83.3 Å². The van der Waals surface area contributed by atoms with Gasteiger partial charge in [-0.15, -0.1) is 0 Å². The van der Waals surface area contributed by atoms with Gasteiger partial charge in [0.25, 0.3) is 0 Å². The summed E-state index contributed by atoms with van der Waals surface area (Å²) < 4.78 is 27.5. The molecule has 0 aromatic heterocycles. The molecule has 0 spiro atoms. The zero-order valence-corrected chi connectivity index (χ0v) is 25.9. The highest BCUT2D eigenvalue weighted by Gasteiger charge is 2.31. The summed E-state index contributed by atoms with van der Waals surface area (Å²) in [6.07, 6.45) is 1.93. The van der Waals surface area contributed by atoms with Crippen molar-refractivity contribution in [3.63, 3.8) is 0 Å². The van der Waals surface area contributed by atoms with Crippen molar-refractivity contribution in [1.82, 2.24) is 10.2 Å². The van der Waals surface area contributed by atoms with Crippen LogP contribution in [0.3, 0.4) is 0 Å². The fourth-order valence-electron chi connectivity index (χ4n) is 4.55. The van der Waals surface area contributed by atoms with Gasteiger partial charge in [-0.25, -0.2) is 8.42 Å². The molecule has 0 aliphatic carbocycles. The second-order valence-corrected chi connectivity index (χ2v) is 13.1. The molecule has 1 unspecified atom stereocenters. The molecule has 0 saturated heterocycles. The van der Waals surface area contributed by atoms with Crippen molar-refractivity contribution in [3.05, 3.63) is 100 Å². The third-order valence-corrected chi connectivity index (χ3v) is 8.21. The van der Waals surface area contributed by atoms with E-state index in [9.17, 15) is 18.0 Å². The van der Waals surface area contributed by atoms with Crippen LogP contribution < -0.4 is 9.62 Å². The maximum absolute atomic E-state index is 13.8. The highest BCUT2D eigenvalue weighted by molar-refractivity contribution is 9.10. The van der Waals surface area contributed by atoms with Gasteiger partial charge in [-0.3, -0.25) is 13.9 Å². The monoisotopic (exact) mass is 627 g/mol. The number of benzene rings is 3. The smallest absolute Gasteiger partial charge is 0.243 e. The number of hydrogen-bond donors (Lipinski definition) is 1. The zero-order chi connectivity index (χ0) is 29.3. The summed E-state index contributed by atoms with van der Waals surface area (Å²) in [7, 11) is -3.56. The number of nitrogens with one attached hydrogen (secondary N) is 1. The molecule has 2 amide bonds. The van der Waals surface area contributed by atoms with Crippen LogP contribution in [0.25, 0.3) is 0 Å². The predicted octanol–water partition coefficient (Wildman–Crippen LogP) is 5.47. The van der Waals surface area contributed by atoms with E-state index in [0.717, 1.165) is 21.2 Å². The Bertz CT molecular complexity index is 1380. The number of rotatable bonds is 13. The molecule has 40 heavy (non-hydrogen) atoms. The van der Waals surface area contributed by atoms with E-state index >= 15 is 0 Å². The molecule has 0 saturated carbocycles. The van der Waals surface area contributed by atoms with Crippen LogP contribution in [-0.2, 0) is 32.6 Å². The minimum Gasteiger partial charge on any atom is -0.352 e. The molecule has 7 nitrogen and oxygen atoms in total. The normalized spacial score (nSPS) is 12.2. The van der Waals surface area contributed by atoms with Crippen molar-refractivity contribution < 1.29 is 18.0 Å². The van der Waals surface area contributed by atoms with Gasteiger partial charge in [0, 0.05) is 36.4 Å². The number of aryl methyl sites for hydroxylation is 1. The number of sulfonamides is 1. The van der Waals surface area contributed by atoms with Crippen molar-refractivity contribution in [2.75, 3.05) is 17.1 Å². The number of hydrogen-bond acceptors (Lipinski definition) is 4. The summed E-state index contributed by atoms with van der Waals surface area (Å²) in [5.74, 6) is -0.428. The van der Waals surface area contributed by atoms with Gasteiger partial charge >= 0.3 is 0 Å². The van der Waals surface area contributed by atoms with E-state index in [2.05, 4.69) is 21.2 Å². The first kappa shape index (κ1) is 31.4. The van der Waals surface area contributed by atoms with Crippen LogP contribution in [0.5, 0.6) is 0 Å². The lowest BCUT2D eigenvalue weighted by Crippen LogP contribution is -2.51. The van der Waals surface area contributed by atoms with E-state index in [-0.39, 0.29) is 37.4 Å². The minimum atomic E-state index is -3.56. The van der Waals surface area contributed by atoms with Crippen LogP contribution in [-0.4, -0.2) is 50.0 Å². The quantitative estimate of drug-likeness (QED) is 0.272. The van der Waals surface area contributed by atoms with Gasteiger partial charge in [0.1, 0.15) is 6.04 Å². The van der Waals surface area contributed by atoms with Crippen molar-refractivity contribution in [3.8, 4) is 0 Å². The third-order valence-electron chi connectivity index (χ3n) is 6.50. The van der Waals surface area contributed by atoms with Crippen LogP contribution >= 0.6 is 15.9 Å². The van der Waals surface area contributed by atoms with E-state index in [0.29, 0.717) is 18.5 Å². The highest BCUT2D eigenvalue weighted by Crippen LogP contribution is 2.23. The second-order valence-electron chi connectivity index (χ2n) is 10.2. The van der Waals surface area contributed by atoms with E-state index in [1.165, 1.54) is 10.6 Å². The van der Waals surface area contributed by atoms with Gasteiger partial charge in [0.05, 0.1) is 11.9 Å². The van der Waals surface area contributed by atoms with Crippen molar-refractivity contribution >= 4 is 43.5 Å². The van der Waals surface area contributed by atoms with E-state index in [1.807, 2.05) is 87.5 Å². The fraction of sp³-hybridized carbons (Fsp3) is 0.355. The first-order valence-corrected chi connectivity index (χ1v) is 16.0. The maximum atomic E-state index is 13.8. The Labute approximate surface area is 246 Å². The van der Waals surface area contributed by atoms with E-state index in [1.54, 1.807) is 17.0 Å². The molecule has 3 aromatic carbocycles. The molecule has 3 rings (SSSR count). The molecule has 0 aliphatic rings. The Kier molecular flexibility index (Phi) is 11.3. The lowest BCUT2D eigenvalue weighted by Gasteiger charge is -2.32. The minimum absolute atomic E-state index is 0.0900. The number of carbonyl (C=O) groups is 2. The molecule has 1 N–H and O–H groups in total. The van der Waals surface area contributed by atoms with Crippen LogP contribution in [0, 0.1) is 6.92 Å². The average molecular weight is 629 g/mol. The number of halogens is 1. The van der Waals surface area contributed by atoms with Gasteiger partial charge in [-0.2, -0.15) is 0 Å². The SMILES string of the molecule is Cc1ccccc1N(CCCC(=O)N(Cc1ccc(Br)cc1)C(Cc1ccccc1)C(=O)NC(C)C)S(C)(=O)=O. The third kappa shape index (κ3) is 9.20. The Morgan fingerprint density at radius 1 is 0.900 bits per heavy atom. The number of carbonyl (C=O) groups excluding carboxylic acids is 2. The Hall–Kier alpha value is -3.17. The summed E-state index contributed by atoms with van der Waals surface area (Å²) >= 11 is 3.45. The Morgan fingerprint density at radius 2 is 1.52 bits per heavy atom. The van der Waals surface area contributed by atoms with E-state index in [4.69, 9.17) is 0 Å². The molecule has 0 fully saturated rings. The molecule has 9 heteroatoms. The molecule has 214 valence electrons. The topological polar surface area (TPSA) is 86.8 Å². The number of nitrogens with zero attached hydrogens (tertiary/aromatic N) is 2. The molecule has 3 aromatic rings. The van der Waals surface area contributed by atoms with Crippen molar-refractivity contribution in [1.29, 1.82) is 0 Å². The Balaban J connectivity index is 1.88. The summed E-state index contributed by atoms with van der Waals surface area (Å²) in [4.78, 5) is 29.0. The zero-order valence-electron chi connectivity index (χ0n) is 23.5. The van der Waals surface area contributed by atoms with Gasteiger partial charge in [-0.05, 0) is 62.1 Å². The van der Waals surface area contributed by atoms with Gasteiger partial charge < -0.3 is 10.2 Å². The average Bonchev–Trinajstić information content (AvgIpc) is 2.89. The standard InChI is InChI=1S/C31H38BrN3O4S/c1-23(2)33-31(37)29(21-25-12-6-5-7-13-25)34(22-26-16-18-27(32)19-17-26)30(36)15-10-20-35(40(4,38)39)28-14-9-8-11-24(28)3/h5-9,11-14,16-19,23,29H,10,15,20-22H2,1-4H3,(H,33,37). The summed E-state index contributed by atoms with van der Waals surface area (Å²) in [6.45, 7) is 6.05. The molecular formula is C31H38BrN3O4S. The lowest BCUT2D eigenvalue weighted by molar-refractivity contribution is -0.141. The van der Waals surface area contributed by atoms with Gasteiger partial charge in [0.15, 0.2) is 0 Å². The highest BCUT2D eigenvalue weighted by atomic mass is 79.9. The summed E-state index contributed by atoms with van der Waals surface area (Å²) in [6, 6.07) is 23.8. The first-order valence-electron chi connectivity index (χ1n) is 13.4. The fourth-order valence-corrected chi connectivity index (χ4v) is 5.83. The van der Waals surface area contributed by atoms with Crippen LogP contribution in [0.2, 0.25) is 0 Å². The molecular weight excluding hydrogens is 590 g/mol. The number of anilines is 1. The first-order chi connectivity index (χ1) is 19.0. The summed E-state index contributed by atoms with van der Waals surface area (Å²) in [5, 5.41) is 2.99. The Morgan fingerprint density at radius 3 is 2.12 bits per heavy atom. The molecule has 0 heterocycles. The maximum Gasteiger partial charge on any atom is 0.243 e. The molecule has 0 aliphatic heterocycles. The summed E-state index contributed by atoms with van der Waals surface area (Å²) in [5.41, 5.74) is 3.28. The molecule has 0 bridgehead atoms. The molecule has 1 atom stereocenters. The van der Waals surface area contributed by atoms with Crippen molar-refractivity contribution in [2.45, 2.75) is 58.7 Å². The van der Waals surface area contributed by atoms with Crippen LogP contribution in [0.1, 0.15) is 43.4 Å². The van der Waals surface area contributed by atoms with E-state index < -0.39 is 16.1 Å². The van der Waals surface area contributed by atoms with Crippen LogP contribution in [0.4, 0.5) is 5.69 Å². The van der Waals surface area contributed by atoms with Crippen molar-refractivity contribution in [2.24, 2.45) is 0 Å². The second kappa shape index (κ2) is 14.5. The van der Waals surface area contributed by atoms with Gasteiger partial charge in [-0.1, -0.05) is 76.6 Å². The number of para-hydroxylation sites is 1. The largest absolute Gasteiger partial charge is 0.352 e. The molecule has 0 radical (unpaired) electrons.